The first-order valence-electron chi connectivity index (χ1n) is 10.9. The standard InChI is InChI=1S/C23H30N4O3/c1-25-16-19(15-24-25)23(29)26-11-5-13-30-21-8-4-6-18(14-21)9-10-20-7-2-3-12-27(20)22(28)17-26/h4,6,8,14-16,20H,2-3,5,7,9-13,17H2,1H3. The number of hydrogen-bond acceptors (Lipinski definition) is 4. The molecule has 7 nitrogen and oxygen atoms in total. The number of ether oxygens (including phenoxy) is 1. The molecule has 1 aromatic carbocycles. The van der Waals surface area contributed by atoms with Gasteiger partial charge in [-0.2, -0.15) is 5.10 Å². The normalized spacial score (nSPS) is 20.8. The van der Waals surface area contributed by atoms with E-state index in [1.807, 2.05) is 17.0 Å². The van der Waals surface area contributed by atoms with Crippen molar-refractivity contribution in [3.8, 4) is 5.75 Å². The molecular weight excluding hydrogens is 380 g/mol. The van der Waals surface area contributed by atoms with Crippen LogP contribution in [0.4, 0.5) is 0 Å². The van der Waals surface area contributed by atoms with Gasteiger partial charge in [0.05, 0.1) is 18.4 Å². The summed E-state index contributed by atoms with van der Waals surface area (Å²) in [5, 5.41) is 4.11. The van der Waals surface area contributed by atoms with Crippen molar-refractivity contribution in [3.63, 3.8) is 0 Å². The Balaban J connectivity index is 1.56. The molecule has 0 N–H and O–H groups in total. The van der Waals surface area contributed by atoms with Crippen molar-refractivity contribution in [2.45, 2.75) is 44.6 Å². The molecule has 1 unspecified atom stereocenters. The molecule has 3 heterocycles. The highest BCUT2D eigenvalue weighted by molar-refractivity contribution is 5.96. The van der Waals surface area contributed by atoms with Crippen LogP contribution in [0.25, 0.3) is 0 Å². The van der Waals surface area contributed by atoms with Crippen LogP contribution in [0.3, 0.4) is 0 Å². The van der Waals surface area contributed by atoms with Crippen LogP contribution in [0.15, 0.2) is 36.7 Å². The van der Waals surface area contributed by atoms with E-state index in [2.05, 4.69) is 17.2 Å². The number of carbonyl (C=O) groups is 2. The quantitative estimate of drug-likeness (QED) is 0.725. The Morgan fingerprint density at radius 2 is 2.07 bits per heavy atom. The van der Waals surface area contributed by atoms with E-state index in [0.717, 1.165) is 44.4 Å². The van der Waals surface area contributed by atoms with Crippen molar-refractivity contribution in [1.82, 2.24) is 19.6 Å². The van der Waals surface area contributed by atoms with E-state index in [9.17, 15) is 9.59 Å². The van der Waals surface area contributed by atoms with Crippen LogP contribution >= 0.6 is 0 Å². The van der Waals surface area contributed by atoms with Crippen molar-refractivity contribution in [2.75, 3.05) is 26.2 Å². The molecule has 30 heavy (non-hydrogen) atoms. The summed E-state index contributed by atoms with van der Waals surface area (Å²) in [4.78, 5) is 30.0. The molecule has 1 fully saturated rings. The van der Waals surface area contributed by atoms with Gasteiger partial charge < -0.3 is 14.5 Å². The largest absolute Gasteiger partial charge is 0.494 e. The Morgan fingerprint density at radius 1 is 1.17 bits per heavy atom. The molecule has 2 amide bonds. The van der Waals surface area contributed by atoms with Crippen molar-refractivity contribution < 1.29 is 14.3 Å². The predicted octanol–water partition coefficient (Wildman–Crippen LogP) is 2.66. The number of piperidine rings is 1. The number of aromatic nitrogens is 2. The van der Waals surface area contributed by atoms with Gasteiger partial charge in [-0.05, 0) is 56.2 Å². The van der Waals surface area contributed by atoms with Gasteiger partial charge in [-0.25, -0.2) is 0 Å². The number of fused-ring (bicyclic) bond motifs is 3. The van der Waals surface area contributed by atoms with Crippen molar-refractivity contribution in [2.24, 2.45) is 7.05 Å². The average molecular weight is 411 g/mol. The Kier molecular flexibility index (Phi) is 6.35. The van der Waals surface area contributed by atoms with Gasteiger partial charge in [-0.1, -0.05) is 12.1 Å². The molecule has 1 aromatic heterocycles. The zero-order valence-corrected chi connectivity index (χ0v) is 17.6. The predicted molar refractivity (Wildman–Crippen MR) is 113 cm³/mol. The Morgan fingerprint density at radius 3 is 2.90 bits per heavy atom. The average Bonchev–Trinajstić information content (AvgIpc) is 3.20. The summed E-state index contributed by atoms with van der Waals surface area (Å²) in [5.41, 5.74) is 1.76. The van der Waals surface area contributed by atoms with Gasteiger partial charge in [-0.15, -0.1) is 0 Å². The second-order valence-corrected chi connectivity index (χ2v) is 8.25. The fraction of sp³-hybridized carbons (Fsp3) is 0.522. The van der Waals surface area contributed by atoms with Gasteiger partial charge in [0, 0.05) is 32.4 Å². The number of nitrogens with zero attached hydrogens (tertiary/aromatic N) is 4. The van der Waals surface area contributed by atoms with E-state index in [1.54, 1.807) is 29.0 Å². The summed E-state index contributed by atoms with van der Waals surface area (Å²) in [5.74, 6) is 0.758. The third-order valence-corrected chi connectivity index (χ3v) is 6.02. The minimum atomic E-state index is -0.154. The van der Waals surface area contributed by atoms with Crippen LogP contribution in [0, 0.1) is 0 Å². The number of amides is 2. The topological polar surface area (TPSA) is 67.7 Å². The molecule has 1 saturated heterocycles. The zero-order chi connectivity index (χ0) is 20.9. The molecule has 7 heteroatoms. The highest BCUT2D eigenvalue weighted by atomic mass is 16.5. The summed E-state index contributed by atoms with van der Waals surface area (Å²) < 4.78 is 7.52. The molecule has 0 radical (unpaired) electrons. The smallest absolute Gasteiger partial charge is 0.257 e. The highest BCUT2D eigenvalue weighted by Crippen LogP contribution is 2.24. The van der Waals surface area contributed by atoms with Crippen molar-refractivity contribution in [3.05, 3.63) is 47.8 Å². The van der Waals surface area contributed by atoms with Gasteiger partial charge in [-0.3, -0.25) is 14.3 Å². The van der Waals surface area contributed by atoms with E-state index < -0.39 is 0 Å². The number of carbonyl (C=O) groups excluding carboxylic acids is 2. The molecule has 4 rings (SSSR count). The molecule has 2 aliphatic heterocycles. The Labute approximate surface area is 177 Å². The number of rotatable bonds is 1. The van der Waals surface area contributed by atoms with Gasteiger partial charge >= 0.3 is 0 Å². The van der Waals surface area contributed by atoms with Gasteiger partial charge in [0.25, 0.3) is 5.91 Å². The summed E-state index contributed by atoms with van der Waals surface area (Å²) in [7, 11) is 1.78. The third-order valence-electron chi connectivity index (χ3n) is 6.02. The molecule has 2 bridgehead atoms. The number of aryl methyl sites for hydroxylation is 2. The lowest BCUT2D eigenvalue weighted by Gasteiger charge is -2.37. The SMILES string of the molecule is Cn1cc(C(=O)N2CCCOc3cccc(c3)CCC3CCCCN3C(=O)C2)cn1. The minimum Gasteiger partial charge on any atom is -0.494 e. The van der Waals surface area contributed by atoms with E-state index in [4.69, 9.17) is 4.74 Å². The van der Waals surface area contributed by atoms with Crippen LogP contribution in [0.1, 0.15) is 48.0 Å². The number of hydrogen-bond donors (Lipinski definition) is 0. The first-order valence-corrected chi connectivity index (χ1v) is 10.9. The second kappa shape index (κ2) is 9.32. The van der Waals surface area contributed by atoms with Gasteiger partial charge in [0.1, 0.15) is 12.3 Å². The molecule has 160 valence electrons. The molecule has 2 aliphatic rings. The van der Waals surface area contributed by atoms with Crippen LogP contribution < -0.4 is 4.74 Å². The lowest BCUT2D eigenvalue weighted by molar-refractivity contribution is -0.135. The molecular formula is C23H30N4O3. The maximum Gasteiger partial charge on any atom is 0.257 e. The fourth-order valence-electron chi connectivity index (χ4n) is 4.42. The van der Waals surface area contributed by atoms with E-state index in [-0.39, 0.29) is 24.4 Å². The third kappa shape index (κ3) is 4.83. The first-order chi connectivity index (χ1) is 14.6. The molecule has 0 saturated carbocycles. The van der Waals surface area contributed by atoms with E-state index in [0.29, 0.717) is 25.1 Å². The monoisotopic (exact) mass is 410 g/mol. The summed E-state index contributed by atoms with van der Waals surface area (Å²) in [6, 6.07) is 8.46. The lowest BCUT2D eigenvalue weighted by atomic mass is 9.95. The summed E-state index contributed by atoms with van der Waals surface area (Å²) in [6.07, 6.45) is 8.98. The molecule has 2 aromatic rings. The van der Waals surface area contributed by atoms with Gasteiger partial charge in [0.15, 0.2) is 0 Å². The van der Waals surface area contributed by atoms with Gasteiger partial charge in [0.2, 0.25) is 5.91 Å². The number of benzene rings is 1. The lowest BCUT2D eigenvalue weighted by Crippen LogP contribution is -2.49. The van der Waals surface area contributed by atoms with Crippen molar-refractivity contribution in [1.29, 1.82) is 0 Å². The summed E-state index contributed by atoms with van der Waals surface area (Å²) >= 11 is 0. The van der Waals surface area contributed by atoms with E-state index >= 15 is 0 Å². The second-order valence-electron chi connectivity index (χ2n) is 8.25. The Bertz CT molecular complexity index is 894. The minimum absolute atomic E-state index is 0.0451. The fourth-order valence-corrected chi connectivity index (χ4v) is 4.42. The van der Waals surface area contributed by atoms with Crippen molar-refractivity contribution >= 4 is 11.8 Å². The Hall–Kier alpha value is -2.83. The maximum atomic E-state index is 13.2. The van der Waals surface area contributed by atoms with Crippen LogP contribution in [-0.2, 0) is 18.3 Å². The van der Waals surface area contributed by atoms with Crippen LogP contribution in [0.2, 0.25) is 0 Å². The maximum absolute atomic E-state index is 13.2. The van der Waals surface area contributed by atoms with E-state index in [1.165, 1.54) is 5.56 Å². The first kappa shape index (κ1) is 20.4. The highest BCUT2D eigenvalue weighted by Gasteiger charge is 2.29. The molecule has 1 atom stereocenters. The molecule has 0 aliphatic carbocycles. The van der Waals surface area contributed by atoms with Crippen LogP contribution in [0.5, 0.6) is 5.75 Å². The summed E-state index contributed by atoms with van der Waals surface area (Å²) in [6.45, 7) is 1.86. The zero-order valence-electron chi connectivity index (χ0n) is 17.6. The van der Waals surface area contributed by atoms with Crippen LogP contribution in [-0.4, -0.2) is 63.7 Å². The molecule has 0 spiro atoms.